The van der Waals surface area contributed by atoms with Crippen molar-refractivity contribution in [2.45, 2.75) is 46.4 Å². The molecule has 0 unspecified atom stereocenters. The van der Waals surface area contributed by atoms with E-state index in [0.717, 1.165) is 10.1 Å². The Labute approximate surface area is 186 Å². The molecule has 168 valence electrons. The third kappa shape index (κ3) is 4.64. The number of nitrogens with zero attached hydrogens (tertiary/aromatic N) is 3. The zero-order valence-corrected chi connectivity index (χ0v) is 18.8. The number of nitrogens with one attached hydrogen (secondary N) is 1. The van der Waals surface area contributed by atoms with Crippen molar-refractivity contribution in [2.24, 2.45) is 0 Å². The molecule has 8 nitrogen and oxygen atoms in total. The Kier molecular flexibility index (Phi) is 6.92. The molecule has 0 atom stereocenters. The smallest absolute Gasteiger partial charge is 0.331 e. The van der Waals surface area contributed by atoms with E-state index in [1.165, 1.54) is 4.57 Å². The van der Waals surface area contributed by atoms with Gasteiger partial charge >= 0.3 is 5.69 Å². The van der Waals surface area contributed by atoms with Crippen molar-refractivity contribution in [1.29, 1.82) is 0 Å². The van der Waals surface area contributed by atoms with Crippen LogP contribution in [0.3, 0.4) is 0 Å². The van der Waals surface area contributed by atoms with Crippen molar-refractivity contribution in [2.75, 3.05) is 7.05 Å². The van der Waals surface area contributed by atoms with Crippen LogP contribution in [0.5, 0.6) is 0 Å². The van der Waals surface area contributed by atoms with Gasteiger partial charge in [-0.05, 0) is 50.6 Å². The van der Waals surface area contributed by atoms with E-state index in [1.807, 2.05) is 13.8 Å². The Morgan fingerprint density at radius 3 is 2.28 bits per heavy atom. The van der Waals surface area contributed by atoms with Crippen molar-refractivity contribution in [3.8, 4) is 0 Å². The zero-order valence-electron chi connectivity index (χ0n) is 18.8. The third-order valence-corrected chi connectivity index (χ3v) is 5.54. The van der Waals surface area contributed by atoms with Crippen molar-refractivity contribution in [1.82, 2.24) is 19.4 Å². The second-order valence-corrected chi connectivity index (χ2v) is 7.92. The quantitative estimate of drug-likeness (QED) is 0.613. The predicted octanol–water partition coefficient (Wildman–Crippen LogP) is 1.98. The number of para-hydroxylation sites is 1. The Morgan fingerprint density at radius 2 is 1.66 bits per heavy atom. The first-order valence-electron chi connectivity index (χ1n) is 10.6. The summed E-state index contributed by atoms with van der Waals surface area (Å²) in [6.45, 7) is 5.89. The van der Waals surface area contributed by atoms with Crippen LogP contribution in [-0.2, 0) is 24.4 Å². The number of amides is 2. The van der Waals surface area contributed by atoms with Crippen LogP contribution in [0.4, 0.5) is 0 Å². The van der Waals surface area contributed by atoms with E-state index < -0.39 is 5.69 Å². The van der Waals surface area contributed by atoms with Gasteiger partial charge in [0.15, 0.2) is 0 Å². The van der Waals surface area contributed by atoms with Gasteiger partial charge in [0.05, 0.1) is 10.9 Å². The van der Waals surface area contributed by atoms with E-state index >= 15 is 0 Å². The largest absolute Gasteiger partial charge is 0.350 e. The molecule has 0 bridgehead atoms. The third-order valence-electron chi connectivity index (χ3n) is 5.54. The van der Waals surface area contributed by atoms with Crippen molar-refractivity contribution < 1.29 is 9.59 Å². The first-order valence-corrected chi connectivity index (χ1v) is 10.6. The molecule has 1 N–H and O–H groups in total. The van der Waals surface area contributed by atoms with Gasteiger partial charge < -0.3 is 10.2 Å². The van der Waals surface area contributed by atoms with E-state index in [9.17, 15) is 19.2 Å². The van der Waals surface area contributed by atoms with E-state index in [2.05, 4.69) is 5.32 Å². The number of aromatic nitrogens is 2. The molecule has 32 heavy (non-hydrogen) atoms. The molecule has 2 aromatic carbocycles. The van der Waals surface area contributed by atoms with Gasteiger partial charge in [0.1, 0.15) is 6.54 Å². The number of hydrogen-bond donors (Lipinski definition) is 1. The average molecular weight is 437 g/mol. The fraction of sp³-hybridized carbons (Fsp3) is 0.333. The standard InChI is InChI=1S/C24H28N4O4/c1-5-27-23(31)19-8-6-7-9-20(19)28(24(27)32)15-21(29)25-14-17-10-12-18(13-11-17)22(30)26(4)16(2)3/h6-13,16H,5,14-15H2,1-4H3,(H,25,29). The first-order chi connectivity index (χ1) is 15.2. The molecule has 0 aliphatic rings. The molecule has 0 fully saturated rings. The molecular weight excluding hydrogens is 408 g/mol. The molecule has 0 aliphatic heterocycles. The highest BCUT2D eigenvalue weighted by molar-refractivity contribution is 5.94. The molecule has 2 amide bonds. The molecule has 0 saturated heterocycles. The molecular formula is C24H28N4O4. The second kappa shape index (κ2) is 9.64. The highest BCUT2D eigenvalue weighted by Gasteiger charge is 2.15. The van der Waals surface area contributed by atoms with Gasteiger partial charge in [-0.3, -0.25) is 23.5 Å². The van der Waals surface area contributed by atoms with Crippen molar-refractivity contribution in [3.05, 3.63) is 80.5 Å². The lowest BCUT2D eigenvalue weighted by Crippen LogP contribution is -2.42. The Bertz CT molecular complexity index is 1260. The van der Waals surface area contributed by atoms with E-state index in [4.69, 9.17) is 0 Å². The zero-order chi connectivity index (χ0) is 23.4. The number of carbonyl (C=O) groups is 2. The number of fused-ring (bicyclic) bond motifs is 1. The summed E-state index contributed by atoms with van der Waals surface area (Å²) in [5, 5.41) is 3.20. The summed E-state index contributed by atoms with van der Waals surface area (Å²) in [4.78, 5) is 51.9. The number of carbonyl (C=O) groups excluding carboxylic acids is 2. The van der Waals surface area contributed by atoms with Gasteiger partial charge in [0.25, 0.3) is 11.5 Å². The lowest BCUT2D eigenvalue weighted by atomic mass is 10.1. The molecule has 0 saturated carbocycles. The van der Waals surface area contributed by atoms with Crippen LogP contribution in [0.25, 0.3) is 10.9 Å². The van der Waals surface area contributed by atoms with Gasteiger partial charge in [0, 0.05) is 31.7 Å². The SMILES string of the molecule is CCn1c(=O)c2ccccc2n(CC(=O)NCc2ccc(C(=O)N(C)C(C)C)cc2)c1=O. The first kappa shape index (κ1) is 23.0. The minimum atomic E-state index is -0.511. The van der Waals surface area contributed by atoms with E-state index in [-0.39, 0.29) is 43.0 Å². The van der Waals surface area contributed by atoms with Crippen LogP contribution >= 0.6 is 0 Å². The van der Waals surface area contributed by atoms with Crippen LogP contribution < -0.4 is 16.6 Å². The van der Waals surface area contributed by atoms with Crippen molar-refractivity contribution >= 4 is 22.7 Å². The summed E-state index contributed by atoms with van der Waals surface area (Å²) < 4.78 is 2.44. The molecule has 0 aliphatic carbocycles. The molecule has 8 heteroatoms. The summed E-state index contributed by atoms with van der Waals surface area (Å²) in [6, 6.07) is 13.9. The van der Waals surface area contributed by atoms with E-state index in [0.29, 0.717) is 16.5 Å². The Hall–Kier alpha value is -3.68. The fourth-order valence-corrected chi connectivity index (χ4v) is 3.41. The summed E-state index contributed by atoms with van der Waals surface area (Å²) in [5.41, 5.74) is 0.972. The normalized spacial score (nSPS) is 11.0. The number of hydrogen-bond acceptors (Lipinski definition) is 4. The fourth-order valence-electron chi connectivity index (χ4n) is 3.41. The minimum Gasteiger partial charge on any atom is -0.350 e. The topological polar surface area (TPSA) is 93.4 Å². The molecule has 3 rings (SSSR count). The van der Waals surface area contributed by atoms with Gasteiger partial charge in [0.2, 0.25) is 5.91 Å². The lowest BCUT2D eigenvalue weighted by molar-refractivity contribution is -0.121. The van der Waals surface area contributed by atoms with Crippen LogP contribution in [0.1, 0.15) is 36.7 Å². The van der Waals surface area contributed by atoms with Gasteiger partial charge in [-0.2, -0.15) is 0 Å². The van der Waals surface area contributed by atoms with Crippen molar-refractivity contribution in [3.63, 3.8) is 0 Å². The van der Waals surface area contributed by atoms with Gasteiger partial charge in [-0.25, -0.2) is 4.79 Å². The van der Waals surface area contributed by atoms with E-state index in [1.54, 1.807) is 67.4 Å². The molecule has 0 radical (unpaired) electrons. The van der Waals surface area contributed by atoms with Crippen LogP contribution in [0.15, 0.2) is 58.1 Å². The maximum Gasteiger partial charge on any atom is 0.331 e. The van der Waals surface area contributed by atoms with Crippen LogP contribution in [0.2, 0.25) is 0 Å². The Balaban J connectivity index is 1.74. The second-order valence-electron chi connectivity index (χ2n) is 7.92. The summed E-state index contributed by atoms with van der Waals surface area (Å²) >= 11 is 0. The maximum absolute atomic E-state index is 12.8. The molecule has 3 aromatic rings. The number of benzene rings is 2. The Morgan fingerprint density at radius 1 is 1.00 bits per heavy atom. The average Bonchev–Trinajstić information content (AvgIpc) is 2.80. The molecule has 1 aromatic heterocycles. The summed E-state index contributed by atoms with van der Waals surface area (Å²) in [5.74, 6) is -0.411. The highest BCUT2D eigenvalue weighted by atomic mass is 16.2. The minimum absolute atomic E-state index is 0.0621. The molecule has 0 spiro atoms. The highest BCUT2D eigenvalue weighted by Crippen LogP contribution is 2.10. The monoisotopic (exact) mass is 436 g/mol. The lowest BCUT2D eigenvalue weighted by Gasteiger charge is -2.21. The summed E-state index contributed by atoms with van der Waals surface area (Å²) in [7, 11) is 1.76. The predicted molar refractivity (Wildman–Crippen MR) is 124 cm³/mol. The van der Waals surface area contributed by atoms with Gasteiger partial charge in [-0.15, -0.1) is 0 Å². The summed E-state index contributed by atoms with van der Waals surface area (Å²) in [6.07, 6.45) is 0. The van der Waals surface area contributed by atoms with Crippen LogP contribution in [-0.4, -0.2) is 38.9 Å². The molecule has 1 heterocycles. The van der Waals surface area contributed by atoms with Crippen LogP contribution in [0, 0.1) is 0 Å². The maximum atomic E-state index is 12.8. The van der Waals surface area contributed by atoms with Gasteiger partial charge in [-0.1, -0.05) is 24.3 Å². The number of rotatable bonds is 7.